The molecule has 3 aromatic rings. The first-order chi connectivity index (χ1) is 9.65. The van der Waals surface area contributed by atoms with E-state index in [9.17, 15) is 0 Å². The van der Waals surface area contributed by atoms with E-state index in [-0.39, 0.29) is 0 Å². The molecule has 0 aliphatic heterocycles. The van der Waals surface area contributed by atoms with Gasteiger partial charge in [0.2, 0.25) is 0 Å². The molecular formula is C14H18N4S2. The summed E-state index contributed by atoms with van der Waals surface area (Å²) >= 11 is 7.30. The van der Waals surface area contributed by atoms with Crippen LogP contribution in [0.25, 0.3) is 11.2 Å². The molecule has 0 atom stereocenters. The van der Waals surface area contributed by atoms with Crippen molar-refractivity contribution in [3.05, 3.63) is 32.4 Å². The molecule has 0 aliphatic carbocycles. The average molecular weight is 306 g/mol. The average Bonchev–Trinajstić information content (AvgIpc) is 3.09. The molecule has 0 bridgehead atoms. The molecular weight excluding hydrogens is 288 g/mol. The molecule has 0 spiro atoms. The summed E-state index contributed by atoms with van der Waals surface area (Å²) in [5.74, 6) is 0. The van der Waals surface area contributed by atoms with E-state index in [0.29, 0.717) is 0 Å². The maximum Gasteiger partial charge on any atom is 0.179 e. The zero-order valence-corrected chi connectivity index (χ0v) is 13.6. The lowest BCUT2D eigenvalue weighted by atomic mass is 10.2. The van der Waals surface area contributed by atoms with E-state index in [1.54, 1.807) is 11.3 Å². The fraction of sp³-hybridized carbons (Fsp3) is 0.429. The molecule has 0 saturated carbocycles. The van der Waals surface area contributed by atoms with E-state index >= 15 is 0 Å². The Kier molecular flexibility index (Phi) is 3.52. The van der Waals surface area contributed by atoms with E-state index < -0.39 is 0 Å². The lowest BCUT2D eigenvalue weighted by Crippen LogP contribution is -2.06. The van der Waals surface area contributed by atoms with E-state index in [2.05, 4.69) is 39.9 Å². The lowest BCUT2D eigenvalue weighted by molar-refractivity contribution is 0.644. The Bertz CT molecular complexity index is 803. The van der Waals surface area contributed by atoms with Crippen molar-refractivity contribution >= 4 is 34.7 Å². The number of nitrogens with one attached hydrogen (secondary N) is 1. The molecule has 1 N–H and O–H groups in total. The number of fused-ring (bicyclic) bond motifs is 1. The van der Waals surface area contributed by atoms with Gasteiger partial charge in [-0.3, -0.25) is 4.57 Å². The van der Waals surface area contributed by atoms with Gasteiger partial charge in [-0.2, -0.15) is 5.10 Å². The molecule has 0 fully saturated rings. The summed E-state index contributed by atoms with van der Waals surface area (Å²) in [5, 5.41) is 6.72. The minimum atomic E-state index is 0.776. The van der Waals surface area contributed by atoms with Crippen molar-refractivity contribution in [3.63, 3.8) is 0 Å². The van der Waals surface area contributed by atoms with Gasteiger partial charge in [-0.1, -0.05) is 6.92 Å². The third kappa shape index (κ3) is 2.03. The Morgan fingerprint density at radius 2 is 2.20 bits per heavy atom. The highest BCUT2D eigenvalue weighted by Crippen LogP contribution is 2.23. The van der Waals surface area contributed by atoms with Crippen molar-refractivity contribution in [1.29, 1.82) is 0 Å². The van der Waals surface area contributed by atoms with Crippen LogP contribution in [0.3, 0.4) is 0 Å². The third-order valence-electron chi connectivity index (χ3n) is 3.65. The molecule has 3 heterocycles. The minimum Gasteiger partial charge on any atom is -0.328 e. The van der Waals surface area contributed by atoms with Crippen molar-refractivity contribution in [3.8, 4) is 0 Å². The molecule has 4 nitrogen and oxygen atoms in total. The highest BCUT2D eigenvalue weighted by atomic mass is 32.1. The molecule has 106 valence electrons. The fourth-order valence-corrected chi connectivity index (χ4v) is 3.81. The van der Waals surface area contributed by atoms with E-state index in [1.165, 1.54) is 10.4 Å². The van der Waals surface area contributed by atoms with Crippen molar-refractivity contribution in [2.45, 2.75) is 40.3 Å². The van der Waals surface area contributed by atoms with Crippen LogP contribution in [0.4, 0.5) is 0 Å². The van der Waals surface area contributed by atoms with Crippen LogP contribution < -0.4 is 0 Å². The standard InChI is InChI=1S/C14H18N4S2/c1-4-10-6-7-20-11(10)8-17-13-12(15-14(17)19)9(3)16-18(13)5-2/h6-7H,4-5,8H2,1-3H3,(H,15,19). The van der Waals surface area contributed by atoms with Crippen LogP contribution in [0.1, 0.15) is 30.0 Å². The summed E-state index contributed by atoms with van der Waals surface area (Å²) in [5.41, 5.74) is 4.58. The van der Waals surface area contributed by atoms with Gasteiger partial charge in [0.15, 0.2) is 10.4 Å². The highest BCUT2D eigenvalue weighted by molar-refractivity contribution is 7.71. The van der Waals surface area contributed by atoms with Crippen molar-refractivity contribution < 1.29 is 0 Å². The van der Waals surface area contributed by atoms with E-state index in [0.717, 1.165) is 41.1 Å². The predicted octanol–water partition coefficient (Wildman–Crippen LogP) is 3.90. The molecule has 0 unspecified atom stereocenters. The molecule has 0 aliphatic rings. The SMILES string of the molecule is CCc1ccsc1Cn1c(=S)[nH]c2c(C)nn(CC)c21. The molecule has 3 rings (SSSR count). The number of aromatic amines is 1. The second-order valence-electron chi connectivity index (χ2n) is 4.84. The second kappa shape index (κ2) is 5.18. The van der Waals surface area contributed by atoms with Crippen LogP contribution in [0.15, 0.2) is 11.4 Å². The summed E-state index contributed by atoms with van der Waals surface area (Å²) < 4.78 is 4.97. The van der Waals surface area contributed by atoms with Crippen LogP contribution >= 0.6 is 23.6 Å². The largest absolute Gasteiger partial charge is 0.328 e. The van der Waals surface area contributed by atoms with Crippen molar-refractivity contribution in [1.82, 2.24) is 19.3 Å². The molecule has 6 heteroatoms. The molecule has 0 amide bonds. The van der Waals surface area contributed by atoms with Crippen LogP contribution in [0.5, 0.6) is 0 Å². The second-order valence-corrected chi connectivity index (χ2v) is 6.23. The Labute approximate surface area is 127 Å². The summed E-state index contributed by atoms with van der Waals surface area (Å²) in [6.45, 7) is 7.99. The first-order valence-electron chi connectivity index (χ1n) is 6.86. The van der Waals surface area contributed by atoms with Gasteiger partial charge in [0.1, 0.15) is 5.52 Å². The van der Waals surface area contributed by atoms with Gasteiger partial charge in [0, 0.05) is 11.4 Å². The van der Waals surface area contributed by atoms with Gasteiger partial charge in [-0.25, -0.2) is 4.68 Å². The Morgan fingerprint density at radius 1 is 1.40 bits per heavy atom. The van der Waals surface area contributed by atoms with E-state index in [4.69, 9.17) is 12.2 Å². The van der Waals surface area contributed by atoms with Crippen LogP contribution in [-0.2, 0) is 19.5 Å². The maximum absolute atomic E-state index is 5.50. The molecule has 0 aromatic carbocycles. The summed E-state index contributed by atoms with van der Waals surface area (Å²) in [7, 11) is 0. The lowest BCUT2D eigenvalue weighted by Gasteiger charge is -2.06. The molecule has 0 radical (unpaired) electrons. The van der Waals surface area contributed by atoms with Gasteiger partial charge in [-0.05, 0) is 49.5 Å². The number of rotatable bonds is 4. The topological polar surface area (TPSA) is 38.5 Å². The summed E-state index contributed by atoms with van der Waals surface area (Å²) in [4.78, 5) is 4.68. The van der Waals surface area contributed by atoms with E-state index in [1.807, 2.05) is 11.6 Å². The number of aromatic nitrogens is 4. The normalized spacial score (nSPS) is 11.6. The number of H-pyrrole nitrogens is 1. The molecule has 20 heavy (non-hydrogen) atoms. The van der Waals surface area contributed by atoms with Gasteiger partial charge >= 0.3 is 0 Å². The first-order valence-corrected chi connectivity index (χ1v) is 8.15. The van der Waals surface area contributed by atoms with Crippen molar-refractivity contribution in [2.24, 2.45) is 0 Å². The smallest absolute Gasteiger partial charge is 0.179 e. The monoisotopic (exact) mass is 306 g/mol. The number of hydrogen-bond acceptors (Lipinski definition) is 3. The summed E-state index contributed by atoms with van der Waals surface area (Å²) in [6, 6.07) is 2.20. The number of hydrogen-bond donors (Lipinski definition) is 1. The van der Waals surface area contributed by atoms with Crippen molar-refractivity contribution in [2.75, 3.05) is 0 Å². The fourth-order valence-electron chi connectivity index (χ4n) is 2.59. The number of thiophene rings is 1. The van der Waals surface area contributed by atoms with Crippen LogP contribution in [0.2, 0.25) is 0 Å². The minimum absolute atomic E-state index is 0.776. The quantitative estimate of drug-likeness (QED) is 0.743. The predicted molar refractivity (Wildman–Crippen MR) is 86.1 cm³/mol. The molecule has 0 saturated heterocycles. The third-order valence-corrected chi connectivity index (χ3v) is 4.92. The number of nitrogens with zero attached hydrogens (tertiary/aromatic N) is 3. The van der Waals surface area contributed by atoms with Gasteiger partial charge in [-0.15, -0.1) is 11.3 Å². The number of aryl methyl sites for hydroxylation is 3. The Balaban J connectivity index is 2.16. The maximum atomic E-state index is 5.50. The zero-order chi connectivity index (χ0) is 14.3. The van der Waals surface area contributed by atoms with Crippen LogP contribution in [-0.4, -0.2) is 19.3 Å². The van der Waals surface area contributed by atoms with Gasteiger partial charge < -0.3 is 4.98 Å². The Hall–Kier alpha value is -1.40. The van der Waals surface area contributed by atoms with Crippen LogP contribution in [0, 0.1) is 11.7 Å². The molecule has 3 aromatic heterocycles. The summed E-state index contributed by atoms with van der Waals surface area (Å²) in [6.07, 6.45) is 1.06. The van der Waals surface area contributed by atoms with Gasteiger partial charge in [0.25, 0.3) is 0 Å². The first kappa shape index (κ1) is 13.6. The zero-order valence-electron chi connectivity index (χ0n) is 11.9. The number of imidazole rings is 1. The Morgan fingerprint density at radius 3 is 2.90 bits per heavy atom. The van der Waals surface area contributed by atoms with Gasteiger partial charge in [0.05, 0.1) is 12.2 Å². The highest BCUT2D eigenvalue weighted by Gasteiger charge is 2.15.